The number of rotatable bonds is 11. The zero-order chi connectivity index (χ0) is 25.4. The number of hydrogen-bond acceptors (Lipinski definition) is 5. The van der Waals surface area contributed by atoms with Crippen molar-refractivity contribution in [3.05, 3.63) is 34.3 Å². The Morgan fingerprint density at radius 2 is 2.03 bits per heavy atom. The standard InChI is InChI=1S/C27H42ClNO5/c1-6-34-25(32)11-14-29-24(31)17-27(13-10-22(33-5)15-21(27)18-30)20-8-7-19(23(28)16-20)9-12-26(2,3)4/h7-8,16,21-22,30H,6,9-15,17-18H2,1-5H3,(H,29,31). The lowest BCUT2D eigenvalue weighted by molar-refractivity contribution is -0.143. The maximum atomic E-state index is 13.0. The molecule has 1 aromatic rings. The van der Waals surface area contributed by atoms with Gasteiger partial charge in [0.2, 0.25) is 5.91 Å². The van der Waals surface area contributed by atoms with Crippen LogP contribution in [0.1, 0.15) is 77.3 Å². The van der Waals surface area contributed by atoms with Crippen LogP contribution in [0.2, 0.25) is 5.02 Å². The van der Waals surface area contributed by atoms with Crippen molar-refractivity contribution in [2.24, 2.45) is 11.3 Å². The van der Waals surface area contributed by atoms with E-state index in [4.69, 9.17) is 21.1 Å². The van der Waals surface area contributed by atoms with E-state index in [1.165, 1.54) is 0 Å². The van der Waals surface area contributed by atoms with Crippen LogP contribution in [-0.4, -0.2) is 50.0 Å². The van der Waals surface area contributed by atoms with Gasteiger partial charge in [0.25, 0.3) is 0 Å². The molecule has 34 heavy (non-hydrogen) atoms. The molecule has 1 aliphatic carbocycles. The van der Waals surface area contributed by atoms with E-state index >= 15 is 0 Å². The number of benzene rings is 1. The summed E-state index contributed by atoms with van der Waals surface area (Å²) in [6.07, 6.45) is 4.50. The summed E-state index contributed by atoms with van der Waals surface area (Å²) in [5, 5.41) is 13.9. The van der Waals surface area contributed by atoms with Crippen LogP contribution in [0.4, 0.5) is 0 Å². The van der Waals surface area contributed by atoms with Gasteiger partial charge in [-0.2, -0.15) is 0 Å². The lowest BCUT2D eigenvalue weighted by Crippen LogP contribution is -2.47. The smallest absolute Gasteiger partial charge is 0.307 e. The summed E-state index contributed by atoms with van der Waals surface area (Å²) in [7, 11) is 1.69. The molecule has 0 radical (unpaired) electrons. The first-order valence-corrected chi connectivity index (χ1v) is 12.8. The molecule has 3 unspecified atom stereocenters. The van der Waals surface area contributed by atoms with E-state index in [9.17, 15) is 14.7 Å². The number of esters is 1. The van der Waals surface area contributed by atoms with Crippen LogP contribution >= 0.6 is 11.6 Å². The van der Waals surface area contributed by atoms with E-state index in [1.807, 2.05) is 6.07 Å². The van der Waals surface area contributed by atoms with Crippen molar-refractivity contribution in [3.8, 4) is 0 Å². The lowest BCUT2D eigenvalue weighted by atomic mass is 9.60. The van der Waals surface area contributed by atoms with Crippen LogP contribution in [0.25, 0.3) is 0 Å². The number of ether oxygens (including phenoxy) is 2. The van der Waals surface area contributed by atoms with Crippen LogP contribution in [0.3, 0.4) is 0 Å². The third kappa shape index (κ3) is 7.96. The summed E-state index contributed by atoms with van der Waals surface area (Å²) in [4.78, 5) is 24.6. The Morgan fingerprint density at radius 1 is 1.29 bits per heavy atom. The number of hydrogen-bond donors (Lipinski definition) is 2. The summed E-state index contributed by atoms with van der Waals surface area (Å²) < 4.78 is 10.5. The lowest BCUT2D eigenvalue weighted by Gasteiger charge is -2.46. The van der Waals surface area contributed by atoms with E-state index in [0.29, 0.717) is 24.5 Å². The molecule has 0 saturated heterocycles. The molecule has 7 heteroatoms. The second kappa shape index (κ2) is 12.9. The quantitative estimate of drug-likeness (QED) is 0.430. The summed E-state index contributed by atoms with van der Waals surface area (Å²) in [5.41, 5.74) is 1.74. The first-order valence-electron chi connectivity index (χ1n) is 12.4. The Hall–Kier alpha value is -1.63. The zero-order valence-electron chi connectivity index (χ0n) is 21.4. The topological polar surface area (TPSA) is 84.9 Å². The number of carbonyl (C=O) groups excluding carboxylic acids is 2. The molecule has 0 bridgehead atoms. The number of amides is 1. The van der Waals surface area contributed by atoms with Gasteiger partial charge in [0.15, 0.2) is 0 Å². The van der Waals surface area contributed by atoms with Crippen molar-refractivity contribution in [3.63, 3.8) is 0 Å². The minimum Gasteiger partial charge on any atom is -0.466 e. The number of nitrogens with one attached hydrogen (secondary N) is 1. The largest absolute Gasteiger partial charge is 0.466 e. The fourth-order valence-electron chi connectivity index (χ4n) is 4.92. The van der Waals surface area contributed by atoms with Crippen LogP contribution in [0.5, 0.6) is 0 Å². The monoisotopic (exact) mass is 495 g/mol. The number of aliphatic hydroxyl groups is 1. The molecule has 1 aliphatic rings. The molecule has 2 N–H and O–H groups in total. The summed E-state index contributed by atoms with van der Waals surface area (Å²) in [6, 6.07) is 6.13. The molecule has 1 amide bonds. The molecule has 0 aromatic heterocycles. The molecule has 1 fully saturated rings. The van der Waals surface area contributed by atoms with Crippen LogP contribution in [-0.2, 0) is 30.9 Å². The number of aliphatic hydroxyl groups excluding tert-OH is 1. The maximum Gasteiger partial charge on any atom is 0.307 e. The van der Waals surface area contributed by atoms with E-state index < -0.39 is 5.41 Å². The fourth-order valence-corrected chi connectivity index (χ4v) is 5.19. The summed E-state index contributed by atoms with van der Waals surface area (Å²) >= 11 is 6.73. The molecule has 192 valence electrons. The third-order valence-corrected chi connectivity index (χ3v) is 7.35. The Labute approximate surface area is 209 Å². The predicted octanol–water partition coefficient (Wildman–Crippen LogP) is 4.82. The fraction of sp³-hybridized carbons (Fsp3) is 0.704. The van der Waals surface area contributed by atoms with E-state index in [0.717, 1.165) is 30.4 Å². The number of aryl methyl sites for hydroxylation is 1. The Bertz CT molecular complexity index is 822. The van der Waals surface area contributed by atoms with Crippen molar-refractivity contribution < 1.29 is 24.2 Å². The predicted molar refractivity (Wildman–Crippen MR) is 135 cm³/mol. The SMILES string of the molecule is CCOC(=O)CCNC(=O)CC1(c2ccc(CCC(C)(C)C)c(Cl)c2)CCC(OC)CC1CO. The van der Waals surface area contributed by atoms with Gasteiger partial charge in [0, 0.05) is 37.1 Å². The van der Waals surface area contributed by atoms with E-state index in [-0.39, 0.29) is 55.3 Å². The highest BCUT2D eigenvalue weighted by molar-refractivity contribution is 6.31. The van der Waals surface area contributed by atoms with E-state index in [2.05, 4.69) is 38.2 Å². The van der Waals surface area contributed by atoms with Crippen molar-refractivity contribution in [1.29, 1.82) is 0 Å². The molecule has 6 nitrogen and oxygen atoms in total. The Kier molecular flexibility index (Phi) is 10.8. The number of halogens is 1. The van der Waals surface area contributed by atoms with Gasteiger partial charge in [-0.05, 0) is 67.6 Å². The number of carbonyl (C=O) groups is 2. The van der Waals surface area contributed by atoms with Crippen LogP contribution < -0.4 is 5.32 Å². The molecule has 0 heterocycles. The summed E-state index contributed by atoms with van der Waals surface area (Å²) in [6.45, 7) is 8.90. The van der Waals surface area contributed by atoms with Gasteiger partial charge in [0.05, 0.1) is 19.1 Å². The zero-order valence-corrected chi connectivity index (χ0v) is 22.2. The highest BCUT2D eigenvalue weighted by Gasteiger charge is 2.46. The molecular formula is C27H42ClNO5. The van der Waals surface area contributed by atoms with E-state index in [1.54, 1.807) is 14.0 Å². The van der Waals surface area contributed by atoms with Gasteiger partial charge in [-0.15, -0.1) is 0 Å². The highest BCUT2D eigenvalue weighted by Crippen LogP contribution is 2.47. The van der Waals surface area contributed by atoms with Gasteiger partial charge in [-0.1, -0.05) is 44.5 Å². The molecule has 0 aliphatic heterocycles. The molecule has 3 atom stereocenters. The van der Waals surface area contributed by atoms with Gasteiger partial charge in [-0.25, -0.2) is 0 Å². The molecule has 1 saturated carbocycles. The van der Waals surface area contributed by atoms with Crippen LogP contribution in [0.15, 0.2) is 18.2 Å². The minimum absolute atomic E-state index is 0.0423. The third-order valence-electron chi connectivity index (χ3n) is 7.00. The first kappa shape index (κ1) is 28.6. The minimum atomic E-state index is -0.552. The molecule has 0 spiro atoms. The molecular weight excluding hydrogens is 454 g/mol. The van der Waals surface area contributed by atoms with Crippen molar-refractivity contribution in [2.75, 3.05) is 26.9 Å². The first-order chi connectivity index (χ1) is 16.0. The van der Waals surface area contributed by atoms with Gasteiger partial charge >= 0.3 is 5.97 Å². The van der Waals surface area contributed by atoms with Gasteiger partial charge < -0.3 is 19.9 Å². The Balaban J connectivity index is 2.27. The maximum absolute atomic E-state index is 13.0. The second-order valence-electron chi connectivity index (χ2n) is 10.6. The average molecular weight is 496 g/mol. The summed E-state index contributed by atoms with van der Waals surface area (Å²) in [5.74, 6) is -0.617. The average Bonchev–Trinajstić information content (AvgIpc) is 2.78. The van der Waals surface area contributed by atoms with Crippen LogP contribution in [0, 0.1) is 11.3 Å². The van der Waals surface area contributed by atoms with Gasteiger partial charge in [0.1, 0.15) is 0 Å². The van der Waals surface area contributed by atoms with Crippen molar-refractivity contribution in [2.45, 2.75) is 84.2 Å². The molecule has 2 rings (SSSR count). The second-order valence-corrected chi connectivity index (χ2v) is 11.0. The molecule has 1 aromatic carbocycles. The van der Waals surface area contributed by atoms with Crippen molar-refractivity contribution in [1.82, 2.24) is 5.32 Å². The highest BCUT2D eigenvalue weighted by atomic mass is 35.5. The Morgan fingerprint density at radius 3 is 2.62 bits per heavy atom. The van der Waals surface area contributed by atoms with Crippen molar-refractivity contribution >= 4 is 23.5 Å². The normalized spacial score (nSPS) is 22.9. The number of methoxy groups -OCH3 is 1. The van der Waals surface area contributed by atoms with Gasteiger partial charge in [-0.3, -0.25) is 9.59 Å².